The van der Waals surface area contributed by atoms with Gasteiger partial charge in [-0.1, -0.05) is 13.8 Å². The molecule has 1 saturated carbocycles. The summed E-state index contributed by atoms with van der Waals surface area (Å²) in [7, 11) is 0. The Morgan fingerprint density at radius 1 is 1.29 bits per heavy atom. The maximum Gasteiger partial charge on any atom is 0.261 e. The number of carbonyl (C=O) groups is 4. The number of benzene rings is 1. The van der Waals surface area contributed by atoms with E-state index in [1.165, 1.54) is 4.90 Å². The van der Waals surface area contributed by atoms with Gasteiger partial charge in [0.15, 0.2) is 11.6 Å². The van der Waals surface area contributed by atoms with Crippen molar-refractivity contribution >= 4 is 41.9 Å². The number of primary amides is 1. The second-order valence-corrected chi connectivity index (χ2v) is 11.4. The minimum absolute atomic E-state index is 0.0356. The van der Waals surface area contributed by atoms with Gasteiger partial charge in [0.1, 0.15) is 17.5 Å². The zero-order valence-corrected chi connectivity index (χ0v) is 21.7. The van der Waals surface area contributed by atoms with E-state index >= 15 is 0 Å². The lowest BCUT2D eigenvalue weighted by Gasteiger charge is -2.35. The smallest absolute Gasteiger partial charge is 0.261 e. The van der Waals surface area contributed by atoms with Crippen LogP contribution in [0.1, 0.15) is 26.7 Å². The average molecular weight is 558 g/mol. The molecule has 2 heterocycles. The van der Waals surface area contributed by atoms with Crippen LogP contribution in [0.4, 0.5) is 18.9 Å². The van der Waals surface area contributed by atoms with Crippen LogP contribution in [0.5, 0.6) is 0 Å². The monoisotopic (exact) mass is 557 g/mol. The normalized spacial score (nSPS) is 27.7. The molecule has 4 rings (SSSR count). The van der Waals surface area contributed by atoms with Crippen molar-refractivity contribution in [1.29, 1.82) is 0 Å². The predicted octanol–water partition coefficient (Wildman–Crippen LogP) is 0.114. The van der Waals surface area contributed by atoms with Crippen molar-refractivity contribution in [2.24, 2.45) is 28.9 Å². The predicted molar refractivity (Wildman–Crippen MR) is 132 cm³/mol. The van der Waals surface area contributed by atoms with Crippen LogP contribution in [0, 0.1) is 40.6 Å². The van der Waals surface area contributed by atoms with Crippen molar-refractivity contribution in [2.75, 3.05) is 25.0 Å². The van der Waals surface area contributed by atoms with E-state index in [2.05, 4.69) is 28.6 Å². The fourth-order valence-corrected chi connectivity index (χ4v) is 5.90. The molecule has 6 N–H and O–H groups in total. The molecule has 14 heteroatoms. The lowest BCUT2D eigenvalue weighted by Crippen LogP contribution is -2.61. The van der Waals surface area contributed by atoms with Crippen LogP contribution in [-0.2, 0) is 19.2 Å². The molecule has 0 radical (unpaired) electrons. The molecule has 6 atom stereocenters. The molecule has 208 valence electrons. The Morgan fingerprint density at radius 2 is 1.92 bits per heavy atom. The SMILES string of the molecule is CC1(C)[C@@H]2[C@@H](C(=O)N[C@@H](C[C@@H]3CCNC3=O)[C@](O)(S)C(N)=O)N(C(=O)CNc3c(F)cc(F)cc3F)C[C@@H]21. The topological polar surface area (TPSA) is 154 Å². The number of amides is 4. The zero-order chi connectivity index (χ0) is 28.2. The number of halogens is 3. The molecule has 2 saturated heterocycles. The van der Waals surface area contributed by atoms with Gasteiger partial charge in [-0.25, -0.2) is 13.2 Å². The molecular weight excluding hydrogens is 527 g/mol. The van der Waals surface area contributed by atoms with Crippen LogP contribution >= 0.6 is 12.6 Å². The Hall–Kier alpha value is -3.00. The quantitative estimate of drug-likeness (QED) is 0.187. The molecule has 3 aliphatic rings. The minimum Gasteiger partial charge on any atom is -0.371 e. The average Bonchev–Trinajstić information content (AvgIpc) is 3.17. The van der Waals surface area contributed by atoms with Gasteiger partial charge >= 0.3 is 0 Å². The summed E-state index contributed by atoms with van der Waals surface area (Å²) in [5, 5.41) is 18.2. The summed E-state index contributed by atoms with van der Waals surface area (Å²) in [6.45, 7) is 3.89. The van der Waals surface area contributed by atoms with E-state index in [0.29, 0.717) is 25.1 Å². The summed E-state index contributed by atoms with van der Waals surface area (Å²) in [5.41, 5.74) is 4.35. The van der Waals surface area contributed by atoms with E-state index in [1.807, 2.05) is 13.8 Å². The first-order valence-electron chi connectivity index (χ1n) is 12.2. The molecule has 0 spiro atoms. The Bertz CT molecular complexity index is 1160. The maximum atomic E-state index is 14.0. The van der Waals surface area contributed by atoms with Crippen LogP contribution in [-0.4, -0.2) is 70.3 Å². The number of nitrogens with one attached hydrogen (secondary N) is 3. The Morgan fingerprint density at radius 3 is 2.47 bits per heavy atom. The number of hydrogen-bond acceptors (Lipinski definition) is 7. The third-order valence-electron chi connectivity index (χ3n) is 8.07. The lowest BCUT2D eigenvalue weighted by atomic mass is 9.93. The van der Waals surface area contributed by atoms with E-state index < -0.39 is 70.3 Å². The molecule has 1 aromatic rings. The van der Waals surface area contributed by atoms with E-state index in [4.69, 9.17) is 5.73 Å². The molecule has 4 amide bonds. The fourth-order valence-electron chi connectivity index (χ4n) is 5.73. The molecule has 0 aromatic heterocycles. The van der Waals surface area contributed by atoms with Crippen molar-refractivity contribution in [3.8, 4) is 0 Å². The third-order valence-corrected chi connectivity index (χ3v) is 8.60. The molecular formula is C24H30F3N5O5S. The molecule has 0 unspecified atom stereocenters. The summed E-state index contributed by atoms with van der Waals surface area (Å²) < 4.78 is 41.2. The van der Waals surface area contributed by atoms with Gasteiger partial charge in [-0.2, -0.15) is 0 Å². The van der Waals surface area contributed by atoms with Gasteiger partial charge < -0.3 is 31.7 Å². The van der Waals surface area contributed by atoms with Gasteiger partial charge in [-0.3, -0.25) is 19.2 Å². The Labute approximate surface area is 222 Å². The van der Waals surface area contributed by atoms with Crippen molar-refractivity contribution < 1.29 is 37.5 Å². The molecule has 10 nitrogen and oxygen atoms in total. The number of carbonyl (C=O) groups excluding carboxylic acids is 4. The number of rotatable bonds is 9. The highest BCUT2D eigenvalue weighted by atomic mass is 32.1. The Kier molecular flexibility index (Phi) is 7.34. The number of hydrogen-bond donors (Lipinski definition) is 6. The Balaban J connectivity index is 1.52. The minimum atomic E-state index is -2.48. The van der Waals surface area contributed by atoms with Gasteiger partial charge in [0, 0.05) is 31.1 Å². The van der Waals surface area contributed by atoms with E-state index in [-0.39, 0.29) is 36.1 Å². The maximum absolute atomic E-state index is 14.0. The summed E-state index contributed by atoms with van der Waals surface area (Å²) in [4.78, 5) is 49.5. The van der Waals surface area contributed by atoms with Crippen molar-refractivity contribution in [3.63, 3.8) is 0 Å². The number of nitrogens with zero attached hydrogens (tertiary/aromatic N) is 1. The number of likely N-dealkylation sites (tertiary alicyclic amines) is 1. The zero-order valence-electron chi connectivity index (χ0n) is 20.8. The summed E-state index contributed by atoms with van der Waals surface area (Å²) in [6, 6.07) is -1.42. The highest BCUT2D eigenvalue weighted by molar-refractivity contribution is 7.82. The number of piperidine rings is 1. The number of aliphatic hydroxyl groups is 1. The van der Waals surface area contributed by atoms with Crippen LogP contribution < -0.4 is 21.7 Å². The summed E-state index contributed by atoms with van der Waals surface area (Å²) >= 11 is 3.97. The second kappa shape index (κ2) is 9.95. The fraction of sp³-hybridized carbons (Fsp3) is 0.583. The molecule has 38 heavy (non-hydrogen) atoms. The van der Waals surface area contributed by atoms with Gasteiger partial charge in [-0.15, -0.1) is 12.6 Å². The molecule has 0 bridgehead atoms. The first kappa shape index (κ1) is 28.0. The van der Waals surface area contributed by atoms with E-state index in [0.717, 1.165) is 0 Å². The number of anilines is 1. The van der Waals surface area contributed by atoms with E-state index in [1.54, 1.807) is 0 Å². The first-order chi connectivity index (χ1) is 17.7. The molecule has 2 aliphatic heterocycles. The van der Waals surface area contributed by atoms with Gasteiger partial charge in [0.2, 0.25) is 22.7 Å². The summed E-state index contributed by atoms with van der Waals surface area (Å²) in [5.74, 6) is -7.29. The van der Waals surface area contributed by atoms with Gasteiger partial charge in [-0.05, 0) is 30.1 Å². The van der Waals surface area contributed by atoms with Crippen LogP contribution in [0.25, 0.3) is 0 Å². The van der Waals surface area contributed by atoms with E-state index in [9.17, 15) is 37.5 Å². The summed E-state index contributed by atoms with van der Waals surface area (Å²) in [6.07, 6.45) is 0.297. The highest BCUT2D eigenvalue weighted by Crippen LogP contribution is 2.64. The van der Waals surface area contributed by atoms with Crippen LogP contribution in [0.2, 0.25) is 0 Å². The van der Waals surface area contributed by atoms with Gasteiger partial charge in [0.25, 0.3) is 5.91 Å². The second-order valence-electron chi connectivity index (χ2n) is 10.7. The lowest BCUT2D eigenvalue weighted by molar-refractivity contribution is -0.141. The standard InChI is InChI=1S/C24H30F3N5O5S/c1-23(2)12-9-32(16(33)8-30-18-13(26)6-11(25)7-14(18)27)19(17(12)23)21(35)31-15(24(37,38)22(28)36)5-10-3-4-29-20(10)34/h6-7,10,12,15,17,19,30,37-38H,3-5,8-9H2,1-2H3,(H2,28,36)(H,29,34)(H,31,35)/t10-,12-,15-,17-,19-,24-/m0/s1. The van der Waals surface area contributed by atoms with Gasteiger partial charge in [0.05, 0.1) is 12.6 Å². The van der Waals surface area contributed by atoms with Crippen LogP contribution in [0.15, 0.2) is 12.1 Å². The number of fused-ring (bicyclic) bond motifs is 1. The molecule has 3 fully saturated rings. The first-order valence-corrected chi connectivity index (χ1v) is 12.6. The number of nitrogens with two attached hydrogens (primary N) is 1. The number of thiol groups is 1. The molecule has 1 aromatic carbocycles. The van der Waals surface area contributed by atoms with Crippen LogP contribution in [0.3, 0.4) is 0 Å². The van der Waals surface area contributed by atoms with Crippen molar-refractivity contribution in [1.82, 2.24) is 15.5 Å². The highest BCUT2D eigenvalue weighted by Gasteiger charge is 2.69. The third kappa shape index (κ3) is 5.03. The van der Waals surface area contributed by atoms with Crippen molar-refractivity contribution in [3.05, 3.63) is 29.6 Å². The largest absolute Gasteiger partial charge is 0.371 e. The molecule has 1 aliphatic carbocycles. The van der Waals surface area contributed by atoms with Crippen molar-refractivity contribution in [2.45, 2.75) is 43.7 Å².